The Kier molecular flexibility index (Phi) is 5.97. The summed E-state index contributed by atoms with van der Waals surface area (Å²) in [6.07, 6.45) is -0.988. The molecule has 0 aliphatic carbocycles. The SMILES string of the molecule is O=c1n(Cc2ccc(C(F)(F)F)nc2)nc2c(N3CCCC(O)C3)c(-c3ccc(Cl)cc3)cnn12. The number of piperidine rings is 1. The van der Waals surface area contributed by atoms with Gasteiger partial charge in [0.25, 0.3) is 0 Å². The number of aliphatic hydroxyl groups excluding tert-OH is 1. The number of hydrogen-bond acceptors (Lipinski definition) is 6. The number of alkyl halides is 3. The molecule has 5 rings (SSSR count). The normalized spacial score (nSPS) is 16.7. The van der Waals surface area contributed by atoms with Gasteiger partial charge in [-0.25, -0.2) is 9.48 Å². The van der Waals surface area contributed by atoms with E-state index in [1.807, 2.05) is 17.0 Å². The lowest BCUT2D eigenvalue weighted by molar-refractivity contribution is -0.141. The van der Waals surface area contributed by atoms with Crippen molar-refractivity contribution in [3.63, 3.8) is 0 Å². The van der Waals surface area contributed by atoms with Crippen LogP contribution in [0.4, 0.5) is 18.9 Å². The van der Waals surface area contributed by atoms with Crippen LogP contribution in [0, 0.1) is 0 Å². The molecule has 1 N–H and O–H groups in total. The Bertz CT molecular complexity index is 1420. The topological polar surface area (TPSA) is 88.5 Å². The van der Waals surface area contributed by atoms with E-state index in [-0.39, 0.29) is 12.2 Å². The average Bonchev–Trinajstić information content (AvgIpc) is 3.14. The molecular weight excluding hydrogens is 485 g/mol. The molecule has 8 nitrogen and oxygen atoms in total. The lowest BCUT2D eigenvalue weighted by Crippen LogP contribution is -2.39. The number of halogens is 4. The van der Waals surface area contributed by atoms with Crippen molar-refractivity contribution in [3.8, 4) is 11.1 Å². The van der Waals surface area contributed by atoms with Crippen LogP contribution in [0.15, 0.2) is 53.6 Å². The van der Waals surface area contributed by atoms with E-state index in [0.717, 1.165) is 39.0 Å². The van der Waals surface area contributed by atoms with E-state index in [1.165, 1.54) is 6.07 Å². The third-order valence-electron chi connectivity index (χ3n) is 5.90. The Hall–Kier alpha value is -3.44. The monoisotopic (exact) mass is 504 g/mol. The van der Waals surface area contributed by atoms with Gasteiger partial charge in [0.2, 0.25) is 5.65 Å². The first-order valence-electron chi connectivity index (χ1n) is 10.9. The molecular formula is C23H20ClF3N6O2. The molecule has 4 heterocycles. The number of aliphatic hydroxyl groups is 1. The second-order valence-electron chi connectivity index (χ2n) is 8.38. The number of hydrogen-bond donors (Lipinski definition) is 1. The maximum atomic E-state index is 13.1. The molecule has 12 heteroatoms. The summed E-state index contributed by atoms with van der Waals surface area (Å²) in [5.74, 6) is 0. The van der Waals surface area contributed by atoms with E-state index in [0.29, 0.717) is 35.8 Å². The Morgan fingerprint density at radius 3 is 2.54 bits per heavy atom. The van der Waals surface area contributed by atoms with Crippen LogP contribution in [0.2, 0.25) is 5.02 Å². The molecule has 1 aliphatic rings. The fraction of sp³-hybridized carbons (Fsp3) is 0.304. The van der Waals surface area contributed by atoms with Crippen LogP contribution in [-0.4, -0.2) is 48.7 Å². The van der Waals surface area contributed by atoms with Crippen molar-refractivity contribution >= 4 is 22.9 Å². The van der Waals surface area contributed by atoms with E-state index in [2.05, 4.69) is 15.2 Å². The Labute approximate surface area is 202 Å². The second-order valence-corrected chi connectivity index (χ2v) is 8.82. The van der Waals surface area contributed by atoms with Gasteiger partial charge in [-0.05, 0) is 42.2 Å². The van der Waals surface area contributed by atoms with Crippen LogP contribution < -0.4 is 10.6 Å². The minimum atomic E-state index is -4.55. The minimum Gasteiger partial charge on any atom is -0.391 e. The summed E-state index contributed by atoms with van der Waals surface area (Å²) in [5, 5.41) is 19.6. The molecule has 1 saturated heterocycles. The molecule has 4 aromatic rings. The van der Waals surface area contributed by atoms with Crippen LogP contribution in [0.5, 0.6) is 0 Å². The fourth-order valence-corrected chi connectivity index (χ4v) is 4.35. The van der Waals surface area contributed by atoms with Gasteiger partial charge in [0, 0.05) is 29.9 Å². The maximum absolute atomic E-state index is 13.1. The Balaban J connectivity index is 1.61. The van der Waals surface area contributed by atoms with Crippen molar-refractivity contribution in [2.24, 2.45) is 0 Å². The van der Waals surface area contributed by atoms with Gasteiger partial charge < -0.3 is 10.0 Å². The van der Waals surface area contributed by atoms with Gasteiger partial charge >= 0.3 is 11.9 Å². The summed E-state index contributed by atoms with van der Waals surface area (Å²) in [5.41, 5.74) is 1.30. The maximum Gasteiger partial charge on any atom is 0.433 e. The first-order chi connectivity index (χ1) is 16.7. The van der Waals surface area contributed by atoms with E-state index in [4.69, 9.17) is 11.6 Å². The third kappa shape index (κ3) is 4.61. The zero-order valence-corrected chi connectivity index (χ0v) is 19.0. The lowest BCUT2D eigenvalue weighted by atomic mass is 10.0. The number of anilines is 1. The summed E-state index contributed by atoms with van der Waals surface area (Å²) in [4.78, 5) is 18.5. The summed E-state index contributed by atoms with van der Waals surface area (Å²) >= 11 is 6.05. The molecule has 1 unspecified atom stereocenters. The van der Waals surface area contributed by atoms with Crippen LogP contribution in [-0.2, 0) is 12.7 Å². The first-order valence-corrected chi connectivity index (χ1v) is 11.3. The summed E-state index contributed by atoms with van der Waals surface area (Å²) in [6.45, 7) is 0.941. The molecule has 182 valence electrons. The number of β-amino-alcohol motifs (C(OH)–C–C–N with tert-alkyl or cyclic N) is 1. The number of fused-ring (bicyclic) bond motifs is 1. The molecule has 0 radical (unpaired) electrons. The highest BCUT2D eigenvalue weighted by Crippen LogP contribution is 2.35. The number of aromatic nitrogens is 5. The highest BCUT2D eigenvalue weighted by atomic mass is 35.5. The standard InChI is InChI=1S/C23H20ClF3N6O2/c24-16-6-4-15(5-7-16)18-11-29-33-21(20(18)31-9-1-2-17(34)13-31)30-32(22(33)35)12-14-3-8-19(28-10-14)23(25,26)27/h3-8,10-11,17,34H,1-2,9,12-13H2. The van der Waals surface area contributed by atoms with Gasteiger partial charge in [-0.1, -0.05) is 29.8 Å². The summed E-state index contributed by atoms with van der Waals surface area (Å²) in [6, 6.07) is 9.30. The predicted molar refractivity (Wildman–Crippen MR) is 123 cm³/mol. The molecule has 1 aliphatic heterocycles. The van der Waals surface area contributed by atoms with Gasteiger partial charge in [-0.15, -0.1) is 5.10 Å². The zero-order valence-electron chi connectivity index (χ0n) is 18.3. The molecule has 3 aromatic heterocycles. The molecule has 1 atom stereocenters. The van der Waals surface area contributed by atoms with Crippen molar-refractivity contribution in [3.05, 3.63) is 75.6 Å². The van der Waals surface area contributed by atoms with Crippen LogP contribution in [0.25, 0.3) is 16.8 Å². The molecule has 0 saturated carbocycles. The van der Waals surface area contributed by atoms with Gasteiger partial charge in [-0.2, -0.15) is 22.8 Å². The number of rotatable bonds is 4. The summed E-state index contributed by atoms with van der Waals surface area (Å²) < 4.78 is 40.8. The first kappa shape index (κ1) is 23.3. The van der Waals surface area contributed by atoms with Gasteiger partial charge in [0.15, 0.2) is 0 Å². The van der Waals surface area contributed by atoms with E-state index in [1.54, 1.807) is 18.3 Å². The van der Waals surface area contributed by atoms with Gasteiger partial charge in [0.05, 0.1) is 24.5 Å². The molecule has 0 bridgehead atoms. The highest BCUT2D eigenvalue weighted by Gasteiger charge is 2.32. The predicted octanol–water partition coefficient (Wildman–Crippen LogP) is 3.63. The van der Waals surface area contributed by atoms with Crippen molar-refractivity contribution in [1.29, 1.82) is 0 Å². The van der Waals surface area contributed by atoms with Crippen LogP contribution in [0.1, 0.15) is 24.1 Å². The second kappa shape index (κ2) is 8.97. The average molecular weight is 505 g/mol. The van der Waals surface area contributed by atoms with Crippen molar-refractivity contribution in [2.45, 2.75) is 31.7 Å². The van der Waals surface area contributed by atoms with Crippen molar-refractivity contribution in [1.82, 2.24) is 24.4 Å². The van der Waals surface area contributed by atoms with Crippen LogP contribution >= 0.6 is 11.6 Å². The smallest absolute Gasteiger partial charge is 0.391 e. The fourth-order valence-electron chi connectivity index (χ4n) is 4.22. The quantitative estimate of drug-likeness (QED) is 0.456. The van der Waals surface area contributed by atoms with E-state index >= 15 is 0 Å². The summed E-state index contributed by atoms with van der Waals surface area (Å²) in [7, 11) is 0. The van der Waals surface area contributed by atoms with Gasteiger partial charge in [0.1, 0.15) is 5.69 Å². The van der Waals surface area contributed by atoms with Gasteiger partial charge in [-0.3, -0.25) is 4.98 Å². The third-order valence-corrected chi connectivity index (χ3v) is 6.15. The zero-order chi connectivity index (χ0) is 24.7. The molecule has 0 amide bonds. The highest BCUT2D eigenvalue weighted by molar-refractivity contribution is 6.30. The van der Waals surface area contributed by atoms with Crippen molar-refractivity contribution < 1.29 is 18.3 Å². The Morgan fingerprint density at radius 1 is 1.11 bits per heavy atom. The largest absolute Gasteiger partial charge is 0.433 e. The van der Waals surface area contributed by atoms with Crippen LogP contribution in [0.3, 0.4) is 0 Å². The molecule has 1 fully saturated rings. The van der Waals surface area contributed by atoms with E-state index < -0.39 is 23.7 Å². The molecule has 0 spiro atoms. The lowest BCUT2D eigenvalue weighted by Gasteiger charge is -2.33. The molecule has 35 heavy (non-hydrogen) atoms. The number of nitrogens with zero attached hydrogens (tertiary/aromatic N) is 6. The Morgan fingerprint density at radius 2 is 1.89 bits per heavy atom. The minimum absolute atomic E-state index is 0.0777. The van der Waals surface area contributed by atoms with Crippen molar-refractivity contribution in [2.75, 3.05) is 18.0 Å². The van der Waals surface area contributed by atoms with E-state index in [9.17, 15) is 23.1 Å². The number of pyridine rings is 1. The number of benzene rings is 1. The molecule has 1 aromatic carbocycles.